The number of aromatic nitrogens is 2. The van der Waals surface area contributed by atoms with Gasteiger partial charge in [0.1, 0.15) is 18.0 Å². The number of halogens is 2. The summed E-state index contributed by atoms with van der Waals surface area (Å²) in [4.78, 5) is 25.3. The molecule has 9 heteroatoms. The number of nitrogens with zero attached hydrogens (tertiary/aromatic N) is 4. The molecule has 2 heterocycles. The van der Waals surface area contributed by atoms with E-state index in [2.05, 4.69) is 42.5 Å². The Balaban J connectivity index is 1.36. The predicted octanol–water partition coefficient (Wildman–Crippen LogP) is 4.75. The summed E-state index contributed by atoms with van der Waals surface area (Å²) in [6.07, 6.45) is 1.45. The number of urea groups is 1. The molecule has 1 aliphatic rings. The average Bonchev–Trinajstić information content (AvgIpc) is 2.74. The van der Waals surface area contributed by atoms with Gasteiger partial charge in [0.25, 0.3) is 0 Å². The number of carbonyl (C=O) groups is 1. The Hall–Kier alpha value is -3.03. The minimum absolute atomic E-state index is 0.413. The summed E-state index contributed by atoms with van der Waals surface area (Å²) < 4.78 is 0. The van der Waals surface area contributed by atoms with Crippen molar-refractivity contribution in [1.29, 1.82) is 0 Å². The van der Waals surface area contributed by atoms with E-state index in [0.29, 0.717) is 21.6 Å². The van der Waals surface area contributed by atoms with E-state index >= 15 is 0 Å². The maximum atomic E-state index is 12.3. The highest BCUT2D eigenvalue weighted by atomic mass is 35.5. The van der Waals surface area contributed by atoms with Gasteiger partial charge in [-0.15, -0.1) is 0 Å². The fraction of sp³-hybridized carbons (Fsp3) is 0.190. The Kier molecular flexibility index (Phi) is 6.21. The number of benzene rings is 2. The van der Waals surface area contributed by atoms with E-state index < -0.39 is 6.03 Å². The second-order valence-electron chi connectivity index (χ2n) is 6.81. The molecule has 0 atom stereocenters. The molecule has 0 radical (unpaired) electrons. The zero-order chi connectivity index (χ0) is 20.9. The lowest BCUT2D eigenvalue weighted by Gasteiger charge is -2.36. The molecule has 2 N–H and O–H groups in total. The number of piperazine rings is 1. The number of anilines is 4. The van der Waals surface area contributed by atoms with Crippen LogP contribution in [-0.4, -0.2) is 42.2 Å². The van der Waals surface area contributed by atoms with Gasteiger partial charge >= 0.3 is 6.03 Å². The second kappa shape index (κ2) is 9.19. The van der Waals surface area contributed by atoms with Crippen LogP contribution < -0.4 is 20.4 Å². The van der Waals surface area contributed by atoms with Crippen molar-refractivity contribution in [2.24, 2.45) is 0 Å². The Bertz CT molecular complexity index is 1000. The van der Waals surface area contributed by atoms with Crippen LogP contribution in [0.25, 0.3) is 0 Å². The van der Waals surface area contributed by atoms with Crippen LogP contribution in [0.15, 0.2) is 60.9 Å². The molecule has 0 saturated carbocycles. The van der Waals surface area contributed by atoms with Crippen molar-refractivity contribution in [3.05, 3.63) is 71.0 Å². The van der Waals surface area contributed by atoms with Crippen molar-refractivity contribution in [3.8, 4) is 0 Å². The SMILES string of the molecule is O=C(Nc1cc(Cl)cc(Cl)c1)Nc1cc(N2CCN(c3ccccc3)CC2)ncn1. The molecule has 30 heavy (non-hydrogen) atoms. The first kappa shape index (κ1) is 20.3. The highest BCUT2D eigenvalue weighted by Crippen LogP contribution is 2.23. The van der Waals surface area contributed by atoms with Gasteiger partial charge < -0.3 is 15.1 Å². The van der Waals surface area contributed by atoms with Crippen LogP contribution in [0.3, 0.4) is 0 Å². The second-order valence-corrected chi connectivity index (χ2v) is 7.68. The summed E-state index contributed by atoms with van der Waals surface area (Å²) in [5.41, 5.74) is 1.72. The molecule has 3 aromatic rings. The van der Waals surface area contributed by atoms with Crippen LogP contribution in [0.1, 0.15) is 0 Å². The fourth-order valence-electron chi connectivity index (χ4n) is 3.33. The number of nitrogens with one attached hydrogen (secondary N) is 2. The molecule has 1 saturated heterocycles. The summed E-state index contributed by atoms with van der Waals surface area (Å²) >= 11 is 11.9. The zero-order valence-corrected chi connectivity index (χ0v) is 17.6. The van der Waals surface area contributed by atoms with Gasteiger partial charge in [0, 0.05) is 53.7 Å². The maximum absolute atomic E-state index is 12.3. The van der Waals surface area contributed by atoms with Crippen LogP contribution in [-0.2, 0) is 0 Å². The molecular weight excluding hydrogens is 423 g/mol. The van der Waals surface area contributed by atoms with Gasteiger partial charge in [0.05, 0.1) is 0 Å². The van der Waals surface area contributed by atoms with Crippen molar-refractivity contribution >= 4 is 52.2 Å². The van der Waals surface area contributed by atoms with E-state index in [1.165, 1.54) is 12.0 Å². The van der Waals surface area contributed by atoms with E-state index in [1.54, 1.807) is 24.3 Å². The molecule has 0 aliphatic carbocycles. The minimum Gasteiger partial charge on any atom is -0.368 e. The number of amides is 2. The van der Waals surface area contributed by atoms with E-state index in [-0.39, 0.29) is 0 Å². The van der Waals surface area contributed by atoms with Crippen molar-refractivity contribution in [1.82, 2.24) is 9.97 Å². The summed E-state index contributed by atoms with van der Waals surface area (Å²) in [6, 6.07) is 16.5. The van der Waals surface area contributed by atoms with Crippen LogP contribution in [0.5, 0.6) is 0 Å². The van der Waals surface area contributed by atoms with E-state index in [4.69, 9.17) is 23.2 Å². The molecule has 0 spiro atoms. The molecular formula is C21H20Cl2N6O. The van der Waals surface area contributed by atoms with Gasteiger partial charge in [-0.2, -0.15) is 0 Å². The molecule has 0 unspecified atom stereocenters. The van der Waals surface area contributed by atoms with Crippen LogP contribution in [0.2, 0.25) is 10.0 Å². The summed E-state index contributed by atoms with van der Waals surface area (Å²) in [5.74, 6) is 1.19. The normalized spacial score (nSPS) is 13.8. The Labute approximate surface area is 184 Å². The quantitative estimate of drug-likeness (QED) is 0.609. The molecule has 1 aromatic heterocycles. The predicted molar refractivity (Wildman–Crippen MR) is 122 cm³/mol. The third-order valence-corrected chi connectivity index (χ3v) is 5.18. The molecule has 1 aliphatic heterocycles. The lowest BCUT2D eigenvalue weighted by Crippen LogP contribution is -2.46. The number of hydrogen-bond acceptors (Lipinski definition) is 5. The summed E-state index contributed by atoms with van der Waals surface area (Å²) in [5, 5.41) is 6.30. The molecule has 1 fully saturated rings. The summed E-state index contributed by atoms with van der Waals surface area (Å²) in [7, 11) is 0. The maximum Gasteiger partial charge on any atom is 0.324 e. The van der Waals surface area contributed by atoms with E-state index in [9.17, 15) is 4.79 Å². The topological polar surface area (TPSA) is 73.4 Å². The Morgan fingerprint density at radius 2 is 1.50 bits per heavy atom. The molecule has 2 aromatic carbocycles. The van der Waals surface area contributed by atoms with Gasteiger partial charge in [0.15, 0.2) is 0 Å². The van der Waals surface area contributed by atoms with E-state index in [1.807, 2.05) is 18.2 Å². The zero-order valence-electron chi connectivity index (χ0n) is 16.1. The number of rotatable bonds is 4. The van der Waals surface area contributed by atoms with Crippen LogP contribution in [0, 0.1) is 0 Å². The molecule has 4 rings (SSSR count). The molecule has 154 valence electrons. The molecule has 0 bridgehead atoms. The fourth-order valence-corrected chi connectivity index (χ4v) is 3.85. The third kappa shape index (κ3) is 5.11. The number of hydrogen-bond donors (Lipinski definition) is 2. The molecule has 7 nitrogen and oxygen atoms in total. The highest BCUT2D eigenvalue weighted by molar-refractivity contribution is 6.35. The minimum atomic E-state index is -0.438. The highest BCUT2D eigenvalue weighted by Gasteiger charge is 2.19. The van der Waals surface area contributed by atoms with Gasteiger partial charge in [-0.1, -0.05) is 41.4 Å². The van der Waals surface area contributed by atoms with Gasteiger partial charge in [0.2, 0.25) is 0 Å². The first-order chi connectivity index (χ1) is 14.6. The van der Waals surface area contributed by atoms with Crippen molar-refractivity contribution in [2.45, 2.75) is 0 Å². The summed E-state index contributed by atoms with van der Waals surface area (Å²) in [6.45, 7) is 3.46. The Morgan fingerprint density at radius 1 is 0.833 bits per heavy atom. The van der Waals surface area contributed by atoms with Gasteiger partial charge in [-0.3, -0.25) is 5.32 Å². The smallest absolute Gasteiger partial charge is 0.324 e. The first-order valence-electron chi connectivity index (χ1n) is 9.48. The largest absolute Gasteiger partial charge is 0.368 e. The van der Waals surface area contributed by atoms with Crippen LogP contribution in [0.4, 0.5) is 27.8 Å². The van der Waals surface area contributed by atoms with Crippen LogP contribution >= 0.6 is 23.2 Å². The monoisotopic (exact) mass is 442 g/mol. The van der Waals surface area contributed by atoms with Crippen molar-refractivity contribution in [2.75, 3.05) is 46.6 Å². The Morgan fingerprint density at radius 3 is 2.20 bits per heavy atom. The number of carbonyl (C=O) groups excluding carboxylic acids is 1. The first-order valence-corrected chi connectivity index (χ1v) is 10.2. The van der Waals surface area contributed by atoms with Crippen molar-refractivity contribution in [3.63, 3.8) is 0 Å². The van der Waals surface area contributed by atoms with Crippen molar-refractivity contribution < 1.29 is 4.79 Å². The lowest BCUT2D eigenvalue weighted by molar-refractivity contribution is 0.262. The van der Waals surface area contributed by atoms with E-state index in [0.717, 1.165) is 32.0 Å². The van der Waals surface area contributed by atoms with Gasteiger partial charge in [-0.25, -0.2) is 14.8 Å². The standard InChI is InChI=1S/C21H20Cl2N6O/c22-15-10-16(23)12-17(11-15)26-21(30)27-19-13-20(25-14-24-19)29-8-6-28(7-9-29)18-4-2-1-3-5-18/h1-5,10-14H,6-9H2,(H2,24,25,26,27,30). The third-order valence-electron chi connectivity index (χ3n) is 4.74. The average molecular weight is 443 g/mol. The van der Waals surface area contributed by atoms with Gasteiger partial charge in [-0.05, 0) is 30.3 Å². The molecule has 2 amide bonds. The lowest BCUT2D eigenvalue weighted by atomic mass is 10.2. The number of para-hydroxylation sites is 1.